The quantitative estimate of drug-likeness (QED) is 0.888. The molecule has 0 heterocycles. The minimum atomic E-state index is -4.29. The van der Waals surface area contributed by atoms with E-state index in [0.29, 0.717) is 23.8 Å². The molecule has 3 rings (SSSR count). The summed E-state index contributed by atoms with van der Waals surface area (Å²) in [4.78, 5) is 0. The van der Waals surface area contributed by atoms with Gasteiger partial charge in [-0.25, -0.2) is 0 Å². The number of fused-ring (bicyclic) bond motifs is 1. The van der Waals surface area contributed by atoms with E-state index in [4.69, 9.17) is 0 Å². The van der Waals surface area contributed by atoms with Crippen LogP contribution < -0.4 is 0 Å². The van der Waals surface area contributed by atoms with E-state index in [1.54, 1.807) is 6.07 Å². The van der Waals surface area contributed by atoms with Crippen LogP contribution in [0.4, 0.5) is 13.2 Å². The van der Waals surface area contributed by atoms with Crippen LogP contribution in [0.25, 0.3) is 0 Å². The van der Waals surface area contributed by atoms with E-state index < -0.39 is 11.7 Å². The van der Waals surface area contributed by atoms with Crippen LogP contribution >= 0.6 is 0 Å². The van der Waals surface area contributed by atoms with Crippen molar-refractivity contribution in [3.63, 3.8) is 0 Å². The Balaban J connectivity index is 1.79. The number of halogens is 3. The van der Waals surface area contributed by atoms with Crippen LogP contribution in [0.15, 0.2) is 24.3 Å². The molecule has 19 heavy (non-hydrogen) atoms. The lowest BCUT2D eigenvalue weighted by atomic mass is 9.78. The summed E-state index contributed by atoms with van der Waals surface area (Å²) in [5, 5.41) is 9.62. The third kappa shape index (κ3) is 2.50. The summed E-state index contributed by atoms with van der Waals surface area (Å²) >= 11 is 0. The lowest BCUT2D eigenvalue weighted by molar-refractivity contribution is -0.137. The second-order valence-corrected chi connectivity index (χ2v) is 6.20. The molecular weight excluding hydrogens is 253 g/mol. The molecule has 104 valence electrons. The third-order valence-electron chi connectivity index (χ3n) is 4.63. The SMILES string of the molecule is OCC1(Cc2cccc(C(F)(F)F)c2)CC2CC2C1. The molecule has 1 aromatic carbocycles. The summed E-state index contributed by atoms with van der Waals surface area (Å²) in [7, 11) is 0. The molecule has 0 saturated heterocycles. The van der Waals surface area contributed by atoms with E-state index in [1.807, 2.05) is 0 Å². The van der Waals surface area contributed by atoms with Crippen molar-refractivity contribution >= 4 is 0 Å². The Kier molecular flexibility index (Phi) is 2.89. The van der Waals surface area contributed by atoms with Gasteiger partial charge in [0.2, 0.25) is 0 Å². The zero-order valence-corrected chi connectivity index (χ0v) is 10.6. The summed E-state index contributed by atoms with van der Waals surface area (Å²) in [5.74, 6) is 1.41. The Labute approximate surface area is 110 Å². The van der Waals surface area contributed by atoms with Gasteiger partial charge in [0.15, 0.2) is 0 Å². The molecule has 4 heteroatoms. The lowest BCUT2D eigenvalue weighted by Gasteiger charge is -2.29. The van der Waals surface area contributed by atoms with Gasteiger partial charge in [0.1, 0.15) is 0 Å². The van der Waals surface area contributed by atoms with Crippen LogP contribution in [0.5, 0.6) is 0 Å². The fraction of sp³-hybridized carbons (Fsp3) is 0.600. The Bertz CT molecular complexity index is 471. The molecule has 1 aromatic rings. The molecule has 1 N–H and O–H groups in total. The van der Waals surface area contributed by atoms with Gasteiger partial charge in [-0.15, -0.1) is 0 Å². The number of aliphatic hydroxyl groups is 1. The first kappa shape index (κ1) is 13.0. The predicted octanol–water partition coefficient (Wildman–Crippen LogP) is 3.66. The average Bonchev–Trinajstić information content (AvgIpc) is 2.97. The van der Waals surface area contributed by atoms with Crippen LogP contribution in [-0.4, -0.2) is 11.7 Å². The maximum atomic E-state index is 12.7. The standard InChI is InChI=1S/C15H17F3O/c16-15(17,18)13-3-1-2-10(4-13)6-14(9-19)7-11-5-12(11)8-14/h1-4,11-12,19H,5-9H2. The van der Waals surface area contributed by atoms with E-state index >= 15 is 0 Å². The molecule has 2 atom stereocenters. The average molecular weight is 270 g/mol. The summed E-state index contributed by atoms with van der Waals surface area (Å²) in [6.45, 7) is 0.0796. The molecule has 0 aliphatic heterocycles. The van der Waals surface area contributed by atoms with Gasteiger partial charge in [0.25, 0.3) is 0 Å². The first-order chi connectivity index (χ1) is 8.92. The normalized spacial score (nSPS) is 33.3. The monoisotopic (exact) mass is 270 g/mol. The topological polar surface area (TPSA) is 20.2 Å². The Morgan fingerprint density at radius 2 is 1.89 bits per heavy atom. The maximum absolute atomic E-state index is 12.7. The van der Waals surface area contributed by atoms with Crippen molar-refractivity contribution in [3.8, 4) is 0 Å². The van der Waals surface area contributed by atoms with E-state index in [-0.39, 0.29) is 12.0 Å². The van der Waals surface area contributed by atoms with Gasteiger partial charge in [0, 0.05) is 6.61 Å². The number of rotatable bonds is 3. The minimum Gasteiger partial charge on any atom is -0.396 e. The van der Waals surface area contributed by atoms with Crippen molar-refractivity contribution in [1.29, 1.82) is 0 Å². The third-order valence-corrected chi connectivity index (χ3v) is 4.63. The second-order valence-electron chi connectivity index (χ2n) is 6.20. The lowest BCUT2D eigenvalue weighted by Crippen LogP contribution is -2.26. The molecule has 0 amide bonds. The van der Waals surface area contributed by atoms with Crippen molar-refractivity contribution in [2.75, 3.05) is 6.61 Å². The Hall–Kier alpha value is -1.03. The Morgan fingerprint density at radius 1 is 1.21 bits per heavy atom. The Morgan fingerprint density at radius 3 is 2.47 bits per heavy atom. The largest absolute Gasteiger partial charge is 0.416 e. The predicted molar refractivity (Wildman–Crippen MR) is 65.5 cm³/mol. The van der Waals surface area contributed by atoms with Crippen LogP contribution in [0, 0.1) is 17.3 Å². The number of hydrogen-bond acceptors (Lipinski definition) is 1. The van der Waals surface area contributed by atoms with Crippen molar-refractivity contribution in [2.24, 2.45) is 17.3 Å². The molecule has 2 aliphatic rings. The van der Waals surface area contributed by atoms with Crippen molar-refractivity contribution in [1.82, 2.24) is 0 Å². The molecule has 0 aromatic heterocycles. The summed E-state index contributed by atoms with van der Waals surface area (Å²) in [6, 6.07) is 5.51. The van der Waals surface area contributed by atoms with Crippen molar-refractivity contribution < 1.29 is 18.3 Å². The smallest absolute Gasteiger partial charge is 0.396 e. The van der Waals surface area contributed by atoms with Gasteiger partial charge in [-0.05, 0) is 54.6 Å². The van der Waals surface area contributed by atoms with E-state index in [0.717, 1.165) is 18.9 Å². The molecule has 1 nitrogen and oxygen atoms in total. The highest BCUT2D eigenvalue weighted by molar-refractivity contribution is 5.27. The van der Waals surface area contributed by atoms with E-state index in [2.05, 4.69) is 0 Å². The zero-order chi connectivity index (χ0) is 13.7. The number of benzene rings is 1. The molecule has 2 saturated carbocycles. The van der Waals surface area contributed by atoms with Gasteiger partial charge in [-0.1, -0.05) is 18.2 Å². The fourth-order valence-corrected chi connectivity index (χ4v) is 3.63. The first-order valence-corrected chi connectivity index (χ1v) is 6.69. The summed E-state index contributed by atoms with van der Waals surface area (Å²) in [6.07, 6.45) is -0.570. The van der Waals surface area contributed by atoms with Gasteiger partial charge in [-0.3, -0.25) is 0 Å². The number of hydrogen-bond donors (Lipinski definition) is 1. The second kappa shape index (κ2) is 4.23. The molecule has 2 fully saturated rings. The van der Waals surface area contributed by atoms with Crippen LogP contribution in [0.3, 0.4) is 0 Å². The highest BCUT2D eigenvalue weighted by atomic mass is 19.4. The van der Waals surface area contributed by atoms with Crippen molar-refractivity contribution in [3.05, 3.63) is 35.4 Å². The van der Waals surface area contributed by atoms with Gasteiger partial charge < -0.3 is 5.11 Å². The molecule has 2 aliphatic carbocycles. The van der Waals surface area contributed by atoms with E-state index in [9.17, 15) is 18.3 Å². The summed E-state index contributed by atoms with van der Waals surface area (Å²) in [5.41, 5.74) is -0.0935. The molecule has 2 unspecified atom stereocenters. The molecule has 0 bridgehead atoms. The van der Waals surface area contributed by atoms with Crippen LogP contribution in [0.2, 0.25) is 0 Å². The van der Waals surface area contributed by atoms with Gasteiger partial charge >= 0.3 is 6.18 Å². The number of alkyl halides is 3. The van der Waals surface area contributed by atoms with Gasteiger partial charge in [0.05, 0.1) is 5.56 Å². The molecule has 0 radical (unpaired) electrons. The highest BCUT2D eigenvalue weighted by Crippen LogP contribution is 2.60. The van der Waals surface area contributed by atoms with Crippen molar-refractivity contribution in [2.45, 2.75) is 31.9 Å². The molecule has 0 spiro atoms. The number of aliphatic hydroxyl groups excluding tert-OH is 1. The zero-order valence-electron chi connectivity index (χ0n) is 10.6. The maximum Gasteiger partial charge on any atom is 0.416 e. The van der Waals surface area contributed by atoms with E-state index in [1.165, 1.54) is 18.6 Å². The first-order valence-electron chi connectivity index (χ1n) is 6.69. The van der Waals surface area contributed by atoms with Crippen LogP contribution in [0.1, 0.15) is 30.4 Å². The summed E-state index contributed by atoms with van der Waals surface area (Å²) < 4.78 is 38.0. The van der Waals surface area contributed by atoms with Gasteiger partial charge in [-0.2, -0.15) is 13.2 Å². The molecular formula is C15H17F3O. The minimum absolute atomic E-state index is 0.0796. The highest BCUT2D eigenvalue weighted by Gasteiger charge is 2.53. The fourth-order valence-electron chi connectivity index (χ4n) is 3.63. The van der Waals surface area contributed by atoms with Crippen LogP contribution in [-0.2, 0) is 12.6 Å².